The van der Waals surface area contributed by atoms with Crippen molar-refractivity contribution in [2.24, 2.45) is 5.73 Å². The maximum absolute atomic E-state index is 5.76. The van der Waals surface area contributed by atoms with E-state index in [1.807, 2.05) is 36.4 Å². The summed E-state index contributed by atoms with van der Waals surface area (Å²) >= 11 is 0. The molecule has 0 atom stereocenters. The molecule has 0 fully saturated rings. The van der Waals surface area contributed by atoms with Crippen molar-refractivity contribution in [3.63, 3.8) is 0 Å². The van der Waals surface area contributed by atoms with Crippen molar-refractivity contribution in [1.29, 1.82) is 0 Å². The van der Waals surface area contributed by atoms with Crippen LogP contribution >= 0.6 is 0 Å². The molecule has 0 aliphatic heterocycles. The molecule has 18 heavy (non-hydrogen) atoms. The van der Waals surface area contributed by atoms with Gasteiger partial charge in [-0.05, 0) is 24.3 Å². The van der Waals surface area contributed by atoms with Gasteiger partial charge in [0, 0.05) is 6.20 Å². The van der Waals surface area contributed by atoms with Crippen LogP contribution in [0.25, 0.3) is 11.0 Å². The van der Waals surface area contributed by atoms with Crippen molar-refractivity contribution in [2.45, 2.75) is 13.1 Å². The second-order valence-corrected chi connectivity index (χ2v) is 4.13. The topological polar surface area (TPSA) is 56.7 Å². The molecule has 3 aromatic rings. The molecule has 90 valence electrons. The van der Waals surface area contributed by atoms with Gasteiger partial charge in [0.25, 0.3) is 0 Å². The van der Waals surface area contributed by atoms with Gasteiger partial charge in [-0.15, -0.1) is 0 Å². The maximum atomic E-state index is 5.76. The highest BCUT2D eigenvalue weighted by molar-refractivity contribution is 5.76. The van der Waals surface area contributed by atoms with E-state index in [0.29, 0.717) is 13.1 Å². The van der Waals surface area contributed by atoms with Crippen molar-refractivity contribution in [2.75, 3.05) is 0 Å². The zero-order valence-electron chi connectivity index (χ0n) is 9.95. The number of hydrogen-bond donors (Lipinski definition) is 1. The summed E-state index contributed by atoms with van der Waals surface area (Å²) in [6.07, 6.45) is 1.80. The normalized spacial score (nSPS) is 10.9. The Hall–Kier alpha value is -2.20. The van der Waals surface area contributed by atoms with Gasteiger partial charge in [0.15, 0.2) is 0 Å². The zero-order valence-corrected chi connectivity index (χ0v) is 9.95. The van der Waals surface area contributed by atoms with Gasteiger partial charge >= 0.3 is 0 Å². The number of pyridine rings is 1. The second kappa shape index (κ2) is 4.58. The Morgan fingerprint density at radius 1 is 1.06 bits per heavy atom. The summed E-state index contributed by atoms with van der Waals surface area (Å²) < 4.78 is 2.12. The molecule has 0 amide bonds. The number of imidazole rings is 1. The molecule has 0 bridgehead atoms. The minimum Gasteiger partial charge on any atom is -0.324 e. The molecular weight excluding hydrogens is 224 g/mol. The Bertz CT molecular complexity index is 658. The molecule has 2 aromatic heterocycles. The van der Waals surface area contributed by atoms with E-state index in [1.54, 1.807) is 6.20 Å². The van der Waals surface area contributed by atoms with Crippen LogP contribution in [0.1, 0.15) is 11.5 Å². The van der Waals surface area contributed by atoms with Crippen LogP contribution in [0, 0.1) is 0 Å². The highest BCUT2D eigenvalue weighted by Crippen LogP contribution is 2.16. The van der Waals surface area contributed by atoms with Crippen LogP contribution in [-0.4, -0.2) is 14.5 Å². The smallest absolute Gasteiger partial charge is 0.124 e. The Morgan fingerprint density at radius 2 is 1.89 bits per heavy atom. The van der Waals surface area contributed by atoms with Gasteiger partial charge < -0.3 is 10.3 Å². The maximum Gasteiger partial charge on any atom is 0.124 e. The first-order valence-electron chi connectivity index (χ1n) is 5.92. The molecule has 0 saturated carbocycles. The lowest BCUT2D eigenvalue weighted by atomic mass is 10.3. The molecule has 2 N–H and O–H groups in total. The fourth-order valence-electron chi connectivity index (χ4n) is 2.11. The van der Waals surface area contributed by atoms with Gasteiger partial charge in [-0.25, -0.2) is 4.98 Å². The van der Waals surface area contributed by atoms with Gasteiger partial charge in [0.1, 0.15) is 5.82 Å². The molecule has 0 aliphatic rings. The first-order chi connectivity index (χ1) is 8.88. The predicted octanol–water partition coefficient (Wildman–Crippen LogP) is 1.94. The van der Waals surface area contributed by atoms with Crippen LogP contribution < -0.4 is 5.73 Å². The first kappa shape index (κ1) is 10.9. The lowest BCUT2D eigenvalue weighted by Crippen LogP contribution is -2.10. The Kier molecular flexibility index (Phi) is 2.78. The lowest BCUT2D eigenvalue weighted by Gasteiger charge is -2.07. The fourth-order valence-corrected chi connectivity index (χ4v) is 2.11. The third-order valence-corrected chi connectivity index (χ3v) is 2.96. The van der Waals surface area contributed by atoms with E-state index in [9.17, 15) is 0 Å². The summed E-state index contributed by atoms with van der Waals surface area (Å²) in [7, 11) is 0. The third kappa shape index (κ3) is 1.87. The number of rotatable bonds is 3. The van der Waals surface area contributed by atoms with Crippen molar-refractivity contribution >= 4 is 11.0 Å². The van der Waals surface area contributed by atoms with Crippen molar-refractivity contribution < 1.29 is 0 Å². The zero-order chi connectivity index (χ0) is 12.4. The van der Waals surface area contributed by atoms with Crippen LogP contribution in [0.4, 0.5) is 0 Å². The van der Waals surface area contributed by atoms with Crippen molar-refractivity contribution in [1.82, 2.24) is 14.5 Å². The summed E-state index contributed by atoms with van der Waals surface area (Å²) in [5.41, 5.74) is 8.85. The van der Waals surface area contributed by atoms with E-state index in [1.165, 1.54) is 0 Å². The first-order valence-corrected chi connectivity index (χ1v) is 5.92. The lowest BCUT2D eigenvalue weighted by molar-refractivity contribution is 0.728. The number of fused-ring (bicyclic) bond motifs is 1. The predicted molar refractivity (Wildman–Crippen MR) is 71.0 cm³/mol. The minimum absolute atomic E-state index is 0.432. The molecule has 0 unspecified atom stereocenters. The van der Waals surface area contributed by atoms with Crippen molar-refractivity contribution in [3.8, 4) is 0 Å². The van der Waals surface area contributed by atoms with E-state index in [0.717, 1.165) is 22.6 Å². The molecule has 4 nitrogen and oxygen atoms in total. The monoisotopic (exact) mass is 238 g/mol. The fraction of sp³-hybridized carbons (Fsp3) is 0.143. The number of nitrogens with zero attached hydrogens (tertiary/aromatic N) is 3. The Morgan fingerprint density at radius 3 is 2.67 bits per heavy atom. The largest absolute Gasteiger partial charge is 0.324 e. The summed E-state index contributed by atoms with van der Waals surface area (Å²) in [4.78, 5) is 8.88. The van der Waals surface area contributed by atoms with E-state index in [4.69, 9.17) is 5.73 Å². The molecule has 2 heterocycles. The molecule has 0 aliphatic carbocycles. The van der Waals surface area contributed by atoms with Crippen molar-refractivity contribution in [3.05, 3.63) is 60.2 Å². The summed E-state index contributed by atoms with van der Waals surface area (Å²) in [5.74, 6) is 0.891. The van der Waals surface area contributed by atoms with Crippen LogP contribution in [0.5, 0.6) is 0 Å². The SMILES string of the molecule is NCc1nc2ccccc2n1Cc1ccccn1. The van der Waals surface area contributed by atoms with Gasteiger partial charge in [-0.1, -0.05) is 18.2 Å². The molecule has 0 saturated heterocycles. The quantitative estimate of drug-likeness (QED) is 0.758. The van der Waals surface area contributed by atoms with Crippen LogP contribution in [0.15, 0.2) is 48.7 Å². The summed E-state index contributed by atoms with van der Waals surface area (Å²) in [6.45, 7) is 1.13. The van der Waals surface area contributed by atoms with Crippen LogP contribution in [0.2, 0.25) is 0 Å². The highest BCUT2D eigenvalue weighted by Gasteiger charge is 2.09. The van der Waals surface area contributed by atoms with E-state index >= 15 is 0 Å². The molecule has 0 spiro atoms. The van der Waals surface area contributed by atoms with Crippen LogP contribution in [0.3, 0.4) is 0 Å². The average molecular weight is 238 g/mol. The van der Waals surface area contributed by atoms with Gasteiger partial charge in [0.2, 0.25) is 0 Å². The number of hydrogen-bond acceptors (Lipinski definition) is 3. The molecule has 4 heteroatoms. The molecule has 0 radical (unpaired) electrons. The summed E-state index contributed by atoms with van der Waals surface area (Å²) in [5, 5.41) is 0. The third-order valence-electron chi connectivity index (χ3n) is 2.96. The highest BCUT2D eigenvalue weighted by atomic mass is 15.1. The number of nitrogens with two attached hydrogens (primary N) is 1. The standard InChI is InChI=1S/C14H14N4/c15-9-14-17-12-6-1-2-7-13(12)18(14)10-11-5-3-4-8-16-11/h1-8H,9-10,15H2. The molecular formula is C14H14N4. The van der Waals surface area contributed by atoms with E-state index in [-0.39, 0.29) is 0 Å². The average Bonchev–Trinajstić information content (AvgIpc) is 2.78. The number of benzene rings is 1. The van der Waals surface area contributed by atoms with Gasteiger partial charge in [-0.3, -0.25) is 4.98 Å². The molecule has 3 rings (SSSR count). The number of para-hydroxylation sites is 2. The number of aromatic nitrogens is 3. The van der Waals surface area contributed by atoms with Gasteiger partial charge in [-0.2, -0.15) is 0 Å². The second-order valence-electron chi connectivity index (χ2n) is 4.13. The Labute approximate surface area is 105 Å². The van der Waals surface area contributed by atoms with Gasteiger partial charge in [0.05, 0.1) is 29.8 Å². The Balaban J connectivity index is 2.10. The summed E-state index contributed by atoms with van der Waals surface area (Å²) in [6, 6.07) is 14.0. The van der Waals surface area contributed by atoms with E-state index < -0.39 is 0 Å². The minimum atomic E-state index is 0.432. The van der Waals surface area contributed by atoms with Crippen LogP contribution in [-0.2, 0) is 13.1 Å². The molecule has 1 aromatic carbocycles. The van der Waals surface area contributed by atoms with E-state index in [2.05, 4.69) is 20.6 Å².